The first-order valence-electron chi connectivity index (χ1n) is 7.58. The van der Waals surface area contributed by atoms with Crippen LogP contribution >= 0.6 is 0 Å². The van der Waals surface area contributed by atoms with E-state index in [9.17, 15) is 4.79 Å². The fourth-order valence-corrected chi connectivity index (χ4v) is 2.17. The average molecular weight is 348 g/mol. The van der Waals surface area contributed by atoms with Gasteiger partial charge in [-0.15, -0.1) is 0 Å². The molecule has 0 aliphatic rings. The summed E-state index contributed by atoms with van der Waals surface area (Å²) in [5.41, 5.74) is 0.598. The highest BCUT2D eigenvalue weighted by molar-refractivity contribution is 6.02. The smallest absolute Gasteiger partial charge is 0.294 e. The van der Waals surface area contributed by atoms with Gasteiger partial charge in [0, 0.05) is 30.2 Å². The van der Waals surface area contributed by atoms with Crippen molar-refractivity contribution < 1.29 is 14.1 Å². The van der Waals surface area contributed by atoms with E-state index in [-0.39, 0.29) is 11.7 Å². The fourth-order valence-electron chi connectivity index (χ4n) is 2.17. The number of nitrogens with one attached hydrogen (secondary N) is 1. The van der Waals surface area contributed by atoms with Crippen LogP contribution in [0, 0.1) is 0 Å². The molecule has 0 radical (unpaired) electrons. The number of aromatic nitrogens is 5. The highest BCUT2D eigenvalue weighted by Gasteiger charge is 2.10. The molecule has 4 aromatic rings. The van der Waals surface area contributed by atoms with E-state index in [0.717, 1.165) is 0 Å². The van der Waals surface area contributed by atoms with Crippen LogP contribution in [0.4, 0.5) is 5.69 Å². The van der Waals surface area contributed by atoms with E-state index in [2.05, 4.69) is 25.4 Å². The maximum atomic E-state index is 11.9. The number of nitrogens with zero attached hydrogens (tertiary/aromatic N) is 5. The van der Waals surface area contributed by atoms with Crippen LogP contribution in [-0.4, -0.2) is 30.6 Å². The Hall–Kier alpha value is -4.01. The predicted octanol–water partition coefficient (Wildman–Crippen LogP) is 2.69. The van der Waals surface area contributed by atoms with Crippen molar-refractivity contribution in [3.63, 3.8) is 0 Å². The van der Waals surface area contributed by atoms with Gasteiger partial charge in [-0.2, -0.15) is 0 Å². The number of amides is 1. The summed E-state index contributed by atoms with van der Waals surface area (Å²) in [4.78, 5) is 24.1. The van der Waals surface area contributed by atoms with Gasteiger partial charge in [0.15, 0.2) is 0 Å². The summed E-state index contributed by atoms with van der Waals surface area (Å²) in [7, 11) is 0. The molecule has 3 aromatic heterocycles. The lowest BCUT2D eigenvalue weighted by molar-refractivity contribution is 0.0988. The van der Waals surface area contributed by atoms with Crippen LogP contribution in [0.25, 0.3) is 5.82 Å². The molecule has 3 heterocycles. The molecule has 0 aliphatic carbocycles. The SMILES string of the molecule is O=C(Nc1ccc(Oc2cc(-n3ccnc3)ncn2)cc1)c1ccno1. The van der Waals surface area contributed by atoms with Crippen molar-refractivity contribution in [1.82, 2.24) is 24.7 Å². The van der Waals surface area contributed by atoms with Gasteiger partial charge in [-0.25, -0.2) is 15.0 Å². The Labute approximate surface area is 147 Å². The minimum Gasteiger partial charge on any atom is -0.439 e. The Morgan fingerprint density at radius 2 is 2.00 bits per heavy atom. The minimum atomic E-state index is -0.378. The molecule has 4 rings (SSSR count). The molecule has 0 unspecified atom stereocenters. The minimum absolute atomic E-state index is 0.137. The third-order valence-corrected chi connectivity index (χ3v) is 3.39. The second-order valence-electron chi connectivity index (χ2n) is 5.14. The topological polar surface area (TPSA) is 108 Å². The Morgan fingerprint density at radius 3 is 2.73 bits per heavy atom. The lowest BCUT2D eigenvalue weighted by atomic mass is 10.3. The zero-order chi connectivity index (χ0) is 17.8. The molecule has 1 amide bonds. The number of carbonyl (C=O) groups excluding carboxylic acids is 1. The van der Waals surface area contributed by atoms with Crippen molar-refractivity contribution in [2.45, 2.75) is 0 Å². The lowest BCUT2D eigenvalue weighted by Gasteiger charge is -2.08. The molecule has 9 heteroatoms. The molecule has 128 valence electrons. The van der Waals surface area contributed by atoms with Crippen LogP contribution < -0.4 is 10.1 Å². The van der Waals surface area contributed by atoms with Crippen LogP contribution in [-0.2, 0) is 0 Å². The van der Waals surface area contributed by atoms with E-state index >= 15 is 0 Å². The Balaban J connectivity index is 1.44. The summed E-state index contributed by atoms with van der Waals surface area (Å²) in [6, 6.07) is 10.0. The third-order valence-electron chi connectivity index (χ3n) is 3.39. The zero-order valence-corrected chi connectivity index (χ0v) is 13.3. The van der Waals surface area contributed by atoms with Gasteiger partial charge in [0.05, 0.1) is 6.20 Å². The van der Waals surface area contributed by atoms with Crippen molar-refractivity contribution in [2.75, 3.05) is 5.32 Å². The van der Waals surface area contributed by atoms with Gasteiger partial charge in [0.25, 0.3) is 5.91 Å². The largest absolute Gasteiger partial charge is 0.439 e. The van der Waals surface area contributed by atoms with E-state index in [0.29, 0.717) is 23.1 Å². The molecule has 1 N–H and O–H groups in total. The van der Waals surface area contributed by atoms with Gasteiger partial charge in [-0.1, -0.05) is 5.16 Å². The number of rotatable bonds is 5. The first-order valence-corrected chi connectivity index (χ1v) is 7.58. The van der Waals surface area contributed by atoms with Crippen molar-refractivity contribution in [1.29, 1.82) is 0 Å². The summed E-state index contributed by atoms with van der Waals surface area (Å²) in [6.45, 7) is 0. The van der Waals surface area contributed by atoms with Crippen LogP contribution in [0.1, 0.15) is 10.6 Å². The Morgan fingerprint density at radius 1 is 1.12 bits per heavy atom. The number of hydrogen-bond acceptors (Lipinski definition) is 7. The highest BCUT2D eigenvalue weighted by Crippen LogP contribution is 2.22. The molecule has 0 saturated carbocycles. The number of carbonyl (C=O) groups is 1. The fraction of sp³-hybridized carbons (Fsp3) is 0. The van der Waals surface area contributed by atoms with Gasteiger partial charge in [0.2, 0.25) is 11.6 Å². The van der Waals surface area contributed by atoms with Crippen LogP contribution in [0.15, 0.2) is 72.2 Å². The first-order chi connectivity index (χ1) is 12.8. The number of benzene rings is 1. The first kappa shape index (κ1) is 15.5. The normalized spacial score (nSPS) is 10.5. The van der Waals surface area contributed by atoms with E-state index in [4.69, 9.17) is 9.26 Å². The van der Waals surface area contributed by atoms with Crippen LogP contribution in [0.5, 0.6) is 11.6 Å². The molecule has 0 aliphatic heterocycles. The highest BCUT2D eigenvalue weighted by atomic mass is 16.5. The van der Waals surface area contributed by atoms with Gasteiger partial charge in [-0.05, 0) is 24.3 Å². The Bertz CT molecular complexity index is 997. The molecule has 9 nitrogen and oxygen atoms in total. The van der Waals surface area contributed by atoms with Gasteiger partial charge in [0.1, 0.15) is 24.2 Å². The summed E-state index contributed by atoms with van der Waals surface area (Å²) >= 11 is 0. The molecule has 0 atom stereocenters. The van der Waals surface area contributed by atoms with E-state index in [1.54, 1.807) is 53.6 Å². The van der Waals surface area contributed by atoms with Crippen molar-refractivity contribution >= 4 is 11.6 Å². The molecule has 1 aromatic carbocycles. The average Bonchev–Trinajstić information content (AvgIpc) is 3.38. The standard InChI is InChI=1S/C17H12N6O3/c24-17(14-5-6-21-26-14)22-12-1-3-13(4-2-12)25-16-9-15(19-10-20-16)23-8-7-18-11-23/h1-11H,(H,22,24). The predicted molar refractivity (Wildman–Crippen MR) is 90.1 cm³/mol. The number of imidazole rings is 1. The van der Waals surface area contributed by atoms with E-state index in [1.807, 2.05) is 0 Å². The van der Waals surface area contributed by atoms with Crippen molar-refractivity contribution in [3.8, 4) is 17.4 Å². The molecule has 0 fully saturated rings. The molecule has 26 heavy (non-hydrogen) atoms. The molecular formula is C17H12N6O3. The van der Waals surface area contributed by atoms with Crippen LogP contribution in [0.3, 0.4) is 0 Å². The van der Waals surface area contributed by atoms with E-state index in [1.165, 1.54) is 18.6 Å². The molecule has 0 saturated heterocycles. The van der Waals surface area contributed by atoms with Gasteiger partial charge >= 0.3 is 0 Å². The third kappa shape index (κ3) is 3.41. The molecule has 0 bridgehead atoms. The number of hydrogen-bond donors (Lipinski definition) is 1. The van der Waals surface area contributed by atoms with Crippen molar-refractivity contribution in [2.24, 2.45) is 0 Å². The summed E-state index contributed by atoms with van der Waals surface area (Å²) in [5.74, 6) is 1.36. The van der Waals surface area contributed by atoms with Gasteiger partial charge in [-0.3, -0.25) is 9.36 Å². The second-order valence-corrected chi connectivity index (χ2v) is 5.14. The monoisotopic (exact) mass is 348 g/mol. The Kier molecular flexibility index (Phi) is 4.09. The van der Waals surface area contributed by atoms with Crippen LogP contribution in [0.2, 0.25) is 0 Å². The summed E-state index contributed by atoms with van der Waals surface area (Å²) in [6.07, 6.45) is 7.90. The summed E-state index contributed by atoms with van der Waals surface area (Å²) in [5, 5.41) is 6.20. The lowest BCUT2D eigenvalue weighted by Crippen LogP contribution is -2.10. The van der Waals surface area contributed by atoms with E-state index < -0.39 is 0 Å². The molecule has 0 spiro atoms. The maximum Gasteiger partial charge on any atom is 0.294 e. The maximum absolute atomic E-state index is 11.9. The summed E-state index contributed by atoms with van der Waals surface area (Å²) < 4.78 is 12.3. The zero-order valence-electron chi connectivity index (χ0n) is 13.3. The van der Waals surface area contributed by atoms with Crippen molar-refractivity contribution in [3.05, 3.63) is 73.4 Å². The quantitative estimate of drug-likeness (QED) is 0.590. The van der Waals surface area contributed by atoms with Gasteiger partial charge < -0.3 is 14.6 Å². The number of ether oxygens (including phenoxy) is 1. The number of anilines is 1. The molecular weight excluding hydrogens is 336 g/mol. The second kappa shape index (κ2) is 6.85.